The third-order valence-electron chi connectivity index (χ3n) is 3.45. The summed E-state index contributed by atoms with van der Waals surface area (Å²) in [6, 6.07) is 0. The topological polar surface area (TPSA) is 12.0 Å². The summed E-state index contributed by atoms with van der Waals surface area (Å²) in [5, 5.41) is 2.80. The predicted molar refractivity (Wildman–Crippen MR) is 50.0 cm³/mol. The largest absolute Gasteiger partial charge is 0.309 e. The first-order valence-electron chi connectivity index (χ1n) is 5.08. The molecule has 0 radical (unpaired) electrons. The van der Waals surface area contributed by atoms with Crippen LogP contribution in [0.1, 0.15) is 39.0 Å². The number of halogens is 2. The van der Waals surface area contributed by atoms with Gasteiger partial charge in [0.15, 0.2) is 0 Å². The molecule has 0 spiro atoms. The van der Waals surface area contributed by atoms with Gasteiger partial charge in [-0.05, 0) is 32.7 Å². The summed E-state index contributed by atoms with van der Waals surface area (Å²) in [6.45, 7) is 1.65. The van der Waals surface area contributed by atoms with E-state index in [-0.39, 0.29) is 5.92 Å². The summed E-state index contributed by atoms with van der Waals surface area (Å²) in [7, 11) is 1.64. The Morgan fingerprint density at radius 2 is 1.77 bits per heavy atom. The first kappa shape index (κ1) is 10.9. The smallest absolute Gasteiger partial charge is 0.256 e. The summed E-state index contributed by atoms with van der Waals surface area (Å²) < 4.78 is 25.6. The van der Waals surface area contributed by atoms with Gasteiger partial charge in [0.1, 0.15) is 0 Å². The molecule has 1 rings (SSSR count). The molecule has 1 N–H and O–H groups in total. The summed E-state index contributed by atoms with van der Waals surface area (Å²) in [4.78, 5) is 0. The van der Waals surface area contributed by atoms with Gasteiger partial charge < -0.3 is 5.32 Å². The van der Waals surface area contributed by atoms with Gasteiger partial charge in [-0.3, -0.25) is 0 Å². The van der Waals surface area contributed by atoms with Crippen molar-refractivity contribution in [2.24, 2.45) is 5.92 Å². The van der Waals surface area contributed by atoms with Gasteiger partial charge in [0.05, 0.1) is 5.54 Å². The van der Waals surface area contributed by atoms with E-state index in [0.29, 0.717) is 0 Å². The molecule has 0 aromatic heterocycles. The number of hydrogen-bond acceptors (Lipinski definition) is 1. The lowest BCUT2D eigenvalue weighted by molar-refractivity contribution is -0.00259. The molecule has 78 valence electrons. The highest BCUT2D eigenvalue weighted by Crippen LogP contribution is 2.35. The van der Waals surface area contributed by atoms with E-state index in [4.69, 9.17) is 0 Å². The van der Waals surface area contributed by atoms with Crippen molar-refractivity contribution in [3.63, 3.8) is 0 Å². The molecule has 0 aliphatic heterocycles. The van der Waals surface area contributed by atoms with Crippen molar-refractivity contribution in [1.82, 2.24) is 5.32 Å². The van der Waals surface area contributed by atoms with Crippen molar-refractivity contribution in [3.8, 4) is 0 Å². The number of alkyl halides is 2. The number of nitrogens with one attached hydrogen (secondary N) is 1. The van der Waals surface area contributed by atoms with Crippen LogP contribution in [0.5, 0.6) is 0 Å². The average Bonchev–Trinajstić information content (AvgIpc) is 2.17. The molecule has 1 unspecified atom stereocenters. The Labute approximate surface area is 78.9 Å². The third-order valence-corrected chi connectivity index (χ3v) is 3.45. The molecular weight excluding hydrogens is 172 g/mol. The highest BCUT2D eigenvalue weighted by atomic mass is 19.3. The van der Waals surface area contributed by atoms with E-state index in [0.717, 1.165) is 25.7 Å². The fourth-order valence-electron chi connectivity index (χ4n) is 2.19. The van der Waals surface area contributed by atoms with Crippen LogP contribution in [0, 0.1) is 5.92 Å². The maximum atomic E-state index is 12.8. The summed E-state index contributed by atoms with van der Waals surface area (Å²) in [5.74, 6) is 0.145. The molecule has 1 atom stereocenters. The maximum Gasteiger partial charge on any atom is 0.256 e. The van der Waals surface area contributed by atoms with Gasteiger partial charge >= 0.3 is 0 Å². The molecule has 1 nitrogen and oxygen atoms in total. The Hall–Kier alpha value is -0.180. The van der Waals surface area contributed by atoms with Gasteiger partial charge in [0, 0.05) is 0 Å². The number of hydrogen-bond donors (Lipinski definition) is 1. The predicted octanol–water partition coefficient (Wildman–Crippen LogP) is 2.81. The lowest BCUT2D eigenvalue weighted by Gasteiger charge is -2.39. The molecule has 0 aromatic carbocycles. The van der Waals surface area contributed by atoms with E-state index in [1.165, 1.54) is 6.42 Å². The first-order chi connectivity index (χ1) is 6.11. The zero-order valence-corrected chi connectivity index (χ0v) is 8.45. The molecule has 0 bridgehead atoms. The summed E-state index contributed by atoms with van der Waals surface area (Å²) >= 11 is 0. The van der Waals surface area contributed by atoms with Gasteiger partial charge in [-0.2, -0.15) is 0 Å². The molecule has 1 saturated carbocycles. The van der Waals surface area contributed by atoms with Gasteiger partial charge in [-0.1, -0.05) is 19.3 Å². The van der Waals surface area contributed by atoms with E-state index in [9.17, 15) is 8.78 Å². The Balaban J connectivity index is 2.62. The highest BCUT2D eigenvalue weighted by Gasteiger charge is 2.41. The van der Waals surface area contributed by atoms with Crippen molar-refractivity contribution in [3.05, 3.63) is 0 Å². The summed E-state index contributed by atoms with van der Waals surface area (Å²) in [5.41, 5.74) is -0.972. The van der Waals surface area contributed by atoms with Crippen LogP contribution in [-0.4, -0.2) is 19.0 Å². The van der Waals surface area contributed by atoms with Crippen LogP contribution in [0.3, 0.4) is 0 Å². The normalized spacial score (nSPS) is 24.7. The second-order valence-corrected chi connectivity index (χ2v) is 4.17. The van der Waals surface area contributed by atoms with Crippen LogP contribution in [0.25, 0.3) is 0 Å². The van der Waals surface area contributed by atoms with E-state index < -0.39 is 12.0 Å². The fourth-order valence-corrected chi connectivity index (χ4v) is 2.19. The van der Waals surface area contributed by atoms with E-state index in [2.05, 4.69) is 5.32 Å². The van der Waals surface area contributed by atoms with Crippen molar-refractivity contribution in [2.45, 2.75) is 51.0 Å². The maximum absolute atomic E-state index is 12.8. The Kier molecular flexibility index (Phi) is 3.65. The molecule has 1 fully saturated rings. The second-order valence-electron chi connectivity index (χ2n) is 4.17. The molecular formula is C10H19F2N. The van der Waals surface area contributed by atoms with E-state index >= 15 is 0 Å². The minimum Gasteiger partial charge on any atom is -0.309 e. The Bertz CT molecular complexity index is 155. The zero-order valence-electron chi connectivity index (χ0n) is 8.45. The molecule has 0 heterocycles. The number of rotatable bonds is 3. The molecule has 1 aliphatic rings. The standard InChI is InChI=1S/C10H19F2N/c1-10(13-2,9(11)12)8-6-4-3-5-7-8/h8-9,13H,3-7H2,1-2H3. The van der Waals surface area contributed by atoms with Crippen LogP contribution < -0.4 is 5.32 Å². The van der Waals surface area contributed by atoms with Crippen LogP contribution in [0.4, 0.5) is 8.78 Å². The second kappa shape index (κ2) is 4.36. The molecule has 0 aromatic rings. The fraction of sp³-hybridized carbons (Fsp3) is 1.00. The highest BCUT2D eigenvalue weighted by molar-refractivity contribution is 4.92. The van der Waals surface area contributed by atoms with Crippen LogP contribution >= 0.6 is 0 Å². The minimum atomic E-state index is -2.26. The van der Waals surface area contributed by atoms with Crippen molar-refractivity contribution >= 4 is 0 Å². The zero-order chi connectivity index (χ0) is 9.90. The molecule has 3 heteroatoms. The Morgan fingerprint density at radius 1 is 1.23 bits per heavy atom. The van der Waals surface area contributed by atoms with Crippen molar-refractivity contribution < 1.29 is 8.78 Å². The van der Waals surface area contributed by atoms with Crippen LogP contribution in [0.15, 0.2) is 0 Å². The van der Waals surface area contributed by atoms with Gasteiger partial charge in [-0.15, -0.1) is 0 Å². The molecule has 0 saturated heterocycles. The lowest BCUT2D eigenvalue weighted by Crippen LogP contribution is -2.53. The van der Waals surface area contributed by atoms with Crippen LogP contribution in [-0.2, 0) is 0 Å². The Morgan fingerprint density at radius 3 is 2.15 bits per heavy atom. The molecule has 13 heavy (non-hydrogen) atoms. The molecule has 1 aliphatic carbocycles. The van der Waals surface area contributed by atoms with Crippen molar-refractivity contribution in [1.29, 1.82) is 0 Å². The lowest BCUT2D eigenvalue weighted by atomic mass is 9.76. The van der Waals surface area contributed by atoms with Gasteiger partial charge in [0.2, 0.25) is 0 Å². The van der Waals surface area contributed by atoms with Gasteiger partial charge in [-0.25, -0.2) is 8.78 Å². The average molecular weight is 191 g/mol. The molecule has 0 amide bonds. The van der Waals surface area contributed by atoms with Gasteiger partial charge in [0.25, 0.3) is 6.43 Å². The third kappa shape index (κ3) is 2.19. The SMILES string of the molecule is CNC(C)(C(F)F)C1CCCCC1. The quantitative estimate of drug-likeness (QED) is 0.723. The summed E-state index contributed by atoms with van der Waals surface area (Å²) in [6.07, 6.45) is 3.05. The van der Waals surface area contributed by atoms with E-state index in [1.807, 2.05) is 0 Å². The van der Waals surface area contributed by atoms with Crippen molar-refractivity contribution in [2.75, 3.05) is 7.05 Å². The monoisotopic (exact) mass is 191 g/mol. The van der Waals surface area contributed by atoms with Crippen LogP contribution in [0.2, 0.25) is 0 Å². The first-order valence-corrected chi connectivity index (χ1v) is 5.08. The minimum absolute atomic E-state index is 0.145. The van der Waals surface area contributed by atoms with E-state index in [1.54, 1.807) is 14.0 Å².